The van der Waals surface area contributed by atoms with E-state index >= 15 is 19.2 Å². The number of carbonyl (C=O) groups is 4. The van der Waals surface area contributed by atoms with Crippen molar-refractivity contribution in [1.29, 1.82) is 0 Å². The Labute approximate surface area is 419 Å². The van der Waals surface area contributed by atoms with Crippen molar-refractivity contribution in [3.05, 3.63) is 203 Å². The van der Waals surface area contributed by atoms with Gasteiger partial charge in [0, 0.05) is 30.0 Å². The fraction of sp³-hybridized carbons (Fsp3) is 0.267. The Hall–Kier alpha value is -7.98. The third-order valence-electron chi connectivity index (χ3n) is 15.0. The van der Waals surface area contributed by atoms with Crippen LogP contribution in [0.15, 0.2) is 169 Å². The molecule has 6 aromatic carbocycles. The van der Waals surface area contributed by atoms with Gasteiger partial charge in [0.05, 0.1) is 42.9 Å². The zero-order valence-corrected chi connectivity index (χ0v) is 39.9. The van der Waals surface area contributed by atoms with Gasteiger partial charge in [-0.2, -0.15) is 0 Å². The monoisotopic (exact) mass is 957 g/mol. The number of aromatic hydroxyl groups is 1. The van der Waals surface area contributed by atoms with Gasteiger partial charge in [0.2, 0.25) is 11.8 Å². The molecule has 0 bridgehead atoms. The van der Waals surface area contributed by atoms with Crippen LogP contribution in [0.2, 0.25) is 0 Å². The molecule has 3 fully saturated rings. The minimum atomic E-state index is -2.00. The van der Waals surface area contributed by atoms with Crippen LogP contribution in [0.5, 0.6) is 5.75 Å². The Balaban J connectivity index is 1.15. The first kappa shape index (κ1) is 46.4. The predicted molar refractivity (Wildman–Crippen MR) is 275 cm³/mol. The largest absolute Gasteiger partial charge is 0.508 e. The first-order chi connectivity index (χ1) is 35.2. The van der Waals surface area contributed by atoms with E-state index in [1.165, 1.54) is 0 Å². The molecule has 12 heteroatoms. The number of anilines is 3. The molecular formula is C60H55N5O7. The van der Waals surface area contributed by atoms with E-state index in [1.54, 1.807) is 36.4 Å². The number of phenolic OH excluding ortho intramolecular Hbond substituents is 1. The van der Waals surface area contributed by atoms with E-state index in [1.807, 2.05) is 133 Å². The molecule has 11 rings (SSSR count). The summed E-state index contributed by atoms with van der Waals surface area (Å²) in [6, 6.07) is 43.6. The van der Waals surface area contributed by atoms with E-state index in [4.69, 9.17) is 9.47 Å². The smallest absolute Gasteiger partial charge is 0.329 e. The molecule has 6 aromatic rings. The lowest BCUT2D eigenvalue weighted by Crippen LogP contribution is -2.55. The van der Waals surface area contributed by atoms with Gasteiger partial charge in [-0.25, -0.2) is 9.69 Å². The molecule has 3 saturated heterocycles. The second kappa shape index (κ2) is 19.7. The summed E-state index contributed by atoms with van der Waals surface area (Å²) in [6.45, 7) is 4.51. The van der Waals surface area contributed by atoms with Gasteiger partial charge in [0.25, 0.3) is 0 Å². The highest BCUT2D eigenvalue weighted by Crippen LogP contribution is 2.66. The molecule has 12 nitrogen and oxygen atoms in total. The van der Waals surface area contributed by atoms with Gasteiger partial charge in [-0.1, -0.05) is 121 Å². The third-order valence-corrected chi connectivity index (χ3v) is 15.0. The van der Waals surface area contributed by atoms with Crippen LogP contribution in [0.4, 0.5) is 21.9 Å². The number of phenols is 1. The number of carbonyl (C=O) groups excluding carboxylic acids is 4. The Kier molecular flexibility index (Phi) is 12.7. The maximum atomic E-state index is 16.7. The zero-order valence-electron chi connectivity index (χ0n) is 39.9. The van der Waals surface area contributed by atoms with E-state index in [2.05, 4.69) is 33.5 Å². The Morgan fingerprint density at radius 2 is 1.43 bits per heavy atom. The van der Waals surface area contributed by atoms with E-state index in [9.17, 15) is 5.11 Å². The van der Waals surface area contributed by atoms with Crippen molar-refractivity contribution in [3.63, 3.8) is 0 Å². The molecule has 1 spiro atoms. The van der Waals surface area contributed by atoms with E-state index in [0.717, 1.165) is 66.1 Å². The van der Waals surface area contributed by atoms with E-state index in [0.29, 0.717) is 41.2 Å². The quantitative estimate of drug-likeness (QED) is 0.101. The predicted octanol–water partition coefficient (Wildman–Crippen LogP) is 9.86. The number of imide groups is 1. The second-order valence-electron chi connectivity index (χ2n) is 19.2. The summed E-state index contributed by atoms with van der Waals surface area (Å²) in [5.74, 6) is 3.23. The van der Waals surface area contributed by atoms with Crippen molar-refractivity contribution in [2.45, 2.75) is 68.3 Å². The number of ether oxygens (including phenoxy) is 2. The van der Waals surface area contributed by atoms with Gasteiger partial charge in [0.1, 0.15) is 23.3 Å². The van der Waals surface area contributed by atoms with Crippen LogP contribution in [0.3, 0.4) is 0 Å². The number of hydrogen-bond donors (Lipinski definition) is 3. The summed E-state index contributed by atoms with van der Waals surface area (Å²) in [7, 11) is 0. The molecule has 4 aliphatic heterocycles. The van der Waals surface area contributed by atoms with Crippen LogP contribution in [0.1, 0.15) is 90.2 Å². The molecule has 1 aliphatic carbocycles. The van der Waals surface area contributed by atoms with Crippen LogP contribution in [-0.2, 0) is 29.3 Å². The SMILES string of the molecule is CC(NC(=O)N1C(=O)C2(c3cc(C#CC4=CCCCC4)ccc31)C(C(=O)Nc1ccc(N3CCOCC3)cc1)C1C(=O)OC(c3ccccc3)C(c3ccccc3)N1C2c1ccc(O)cc1)c1ccccc1. The number of urea groups is 1. The fourth-order valence-corrected chi connectivity index (χ4v) is 11.6. The number of fused-ring (bicyclic) bond motifs is 3. The Morgan fingerprint density at radius 3 is 2.11 bits per heavy atom. The number of rotatable bonds is 8. The van der Waals surface area contributed by atoms with Gasteiger partial charge >= 0.3 is 12.0 Å². The van der Waals surface area contributed by atoms with Crippen molar-refractivity contribution in [3.8, 4) is 17.6 Å². The van der Waals surface area contributed by atoms with Crippen LogP contribution in [-0.4, -0.2) is 66.2 Å². The average molecular weight is 958 g/mol. The van der Waals surface area contributed by atoms with E-state index in [-0.39, 0.29) is 11.4 Å². The lowest BCUT2D eigenvalue weighted by molar-refractivity contribution is -0.177. The highest BCUT2D eigenvalue weighted by molar-refractivity contribution is 6.25. The van der Waals surface area contributed by atoms with Crippen molar-refractivity contribution in [2.75, 3.05) is 41.4 Å². The third kappa shape index (κ3) is 8.38. The maximum Gasteiger partial charge on any atom is 0.329 e. The highest BCUT2D eigenvalue weighted by Gasteiger charge is 2.75. The van der Waals surface area contributed by atoms with Crippen molar-refractivity contribution in [1.82, 2.24) is 10.2 Å². The number of benzene rings is 6. The summed E-state index contributed by atoms with van der Waals surface area (Å²) in [6.07, 6.45) is 5.20. The lowest BCUT2D eigenvalue weighted by atomic mass is 9.65. The molecule has 7 atom stereocenters. The molecule has 72 heavy (non-hydrogen) atoms. The molecule has 3 N–H and O–H groups in total. The number of amides is 4. The molecule has 0 aromatic heterocycles. The van der Waals surface area contributed by atoms with Gasteiger partial charge < -0.3 is 30.1 Å². The molecule has 0 saturated carbocycles. The topological polar surface area (TPSA) is 141 Å². The Bertz CT molecular complexity index is 3090. The number of nitrogens with one attached hydrogen (secondary N) is 2. The van der Waals surface area contributed by atoms with Crippen molar-refractivity contribution < 1.29 is 33.8 Å². The molecular weight excluding hydrogens is 903 g/mol. The van der Waals surface area contributed by atoms with E-state index < -0.39 is 65.4 Å². The standard InChI is InChI=1S/C60H55N5O7/c1-39(42-16-8-3-9-17-42)61-59(70)64-50-33-24-41(23-22-40-14-6-2-7-15-40)38-49(50)60(58(64)69)51(56(67)62-46-27-29-47(30-28-46)63-34-36-71-37-35-63)53-57(68)72-54(44-20-12-5-13-21-44)52(43-18-10-4-11-19-43)65(53)55(60)45-25-31-48(66)32-26-45/h3-5,8-14,16-21,24-33,38-39,51-55,66H,2,6-7,15,34-37H2,1H3,(H,61,70)(H,62,67). The summed E-state index contributed by atoms with van der Waals surface area (Å²) in [4.78, 5) is 68.9. The molecule has 362 valence electrons. The number of allylic oxidation sites excluding steroid dienone is 2. The number of esters is 1. The lowest BCUT2D eigenvalue weighted by Gasteiger charge is -2.46. The normalized spacial score (nSPS) is 24.0. The summed E-state index contributed by atoms with van der Waals surface area (Å²) >= 11 is 0. The van der Waals surface area contributed by atoms with Crippen LogP contribution < -0.4 is 20.4 Å². The van der Waals surface area contributed by atoms with Crippen LogP contribution >= 0.6 is 0 Å². The van der Waals surface area contributed by atoms with Crippen molar-refractivity contribution in [2.24, 2.45) is 5.92 Å². The van der Waals surface area contributed by atoms with Crippen LogP contribution in [0.25, 0.3) is 0 Å². The summed E-state index contributed by atoms with van der Waals surface area (Å²) in [5, 5.41) is 17.1. The fourth-order valence-electron chi connectivity index (χ4n) is 11.6. The van der Waals surface area contributed by atoms with Crippen molar-refractivity contribution >= 4 is 40.9 Å². The average Bonchev–Trinajstić information content (AvgIpc) is 3.88. The summed E-state index contributed by atoms with van der Waals surface area (Å²) in [5.41, 5.74) is 4.51. The number of hydrogen-bond acceptors (Lipinski definition) is 9. The minimum Gasteiger partial charge on any atom is -0.508 e. The van der Waals surface area contributed by atoms with Gasteiger partial charge in [-0.3, -0.25) is 19.3 Å². The summed E-state index contributed by atoms with van der Waals surface area (Å²) < 4.78 is 12.2. The molecule has 4 heterocycles. The van der Waals surface area contributed by atoms with Gasteiger partial charge in [0.15, 0.2) is 0 Å². The number of morpholine rings is 2. The minimum absolute atomic E-state index is 0.0133. The second-order valence-corrected chi connectivity index (χ2v) is 19.2. The van der Waals surface area contributed by atoms with Gasteiger partial charge in [-0.15, -0.1) is 0 Å². The molecule has 0 radical (unpaired) electrons. The highest BCUT2D eigenvalue weighted by atomic mass is 16.6. The van der Waals surface area contributed by atoms with Crippen LogP contribution in [0, 0.1) is 17.8 Å². The number of cyclic esters (lactones) is 1. The molecule has 5 aliphatic rings. The first-order valence-corrected chi connectivity index (χ1v) is 24.9. The molecule has 4 amide bonds. The zero-order chi connectivity index (χ0) is 49.3. The first-order valence-electron chi connectivity index (χ1n) is 24.9. The maximum absolute atomic E-state index is 16.7. The number of nitrogens with zero attached hydrogens (tertiary/aromatic N) is 3. The Morgan fingerprint density at radius 1 is 0.750 bits per heavy atom. The molecule has 7 unspecified atom stereocenters. The van der Waals surface area contributed by atoms with Gasteiger partial charge in [-0.05, 0) is 121 Å².